The molecule has 1 unspecified atom stereocenters. The second kappa shape index (κ2) is 7.12. The van der Waals surface area contributed by atoms with Crippen LogP contribution >= 0.6 is 31.8 Å². The van der Waals surface area contributed by atoms with E-state index in [4.69, 9.17) is 0 Å². The fraction of sp³-hybridized carbons (Fsp3) is 0.625. The van der Waals surface area contributed by atoms with E-state index in [1.54, 1.807) is 0 Å². The lowest BCUT2D eigenvalue weighted by molar-refractivity contribution is 0.0982. The van der Waals surface area contributed by atoms with Gasteiger partial charge in [0.25, 0.3) is 0 Å². The zero-order valence-electron chi connectivity index (χ0n) is 12.8. The molecule has 3 rings (SSSR count). The summed E-state index contributed by atoms with van der Waals surface area (Å²) in [5, 5.41) is 1.31. The molecule has 2 fully saturated rings. The van der Waals surface area contributed by atoms with Crippen LogP contribution in [0, 0.1) is 3.57 Å². The number of nitrogens with zero attached hydrogens (tertiary/aromatic N) is 3. The van der Waals surface area contributed by atoms with E-state index in [2.05, 4.69) is 71.8 Å². The molecule has 0 saturated carbocycles. The molecule has 5 heteroatoms. The van der Waals surface area contributed by atoms with Crippen molar-refractivity contribution in [3.63, 3.8) is 0 Å². The van der Waals surface area contributed by atoms with Crippen molar-refractivity contribution in [3.05, 3.63) is 21.8 Å². The van der Waals surface area contributed by atoms with Crippen molar-refractivity contribution in [3.8, 4) is 0 Å². The Morgan fingerprint density at radius 3 is 2.33 bits per heavy atom. The lowest BCUT2D eigenvalue weighted by atomic mass is 10.0. The summed E-state index contributed by atoms with van der Waals surface area (Å²) in [7, 11) is 5.08. The van der Waals surface area contributed by atoms with Crippen LogP contribution < -0.4 is 10.2 Å². The topological polar surface area (TPSA) is 9.72 Å². The molecule has 21 heavy (non-hydrogen) atoms. The first-order chi connectivity index (χ1) is 10.1. The third kappa shape index (κ3) is 3.90. The van der Waals surface area contributed by atoms with Gasteiger partial charge in [-0.3, -0.25) is 4.90 Å². The highest BCUT2D eigenvalue weighted by Gasteiger charge is 2.26. The lowest BCUT2D eigenvalue weighted by Crippen LogP contribution is -2.52. The molecule has 0 bridgehead atoms. The van der Waals surface area contributed by atoms with Gasteiger partial charge in [0.05, 0.1) is 0 Å². The average molecular weight is 417 g/mol. The number of piperazine rings is 1. The van der Waals surface area contributed by atoms with Crippen LogP contribution in [-0.2, 0) is 0 Å². The number of hydrogen-bond donors (Lipinski definition) is 0. The minimum atomic E-state index is 0.800. The highest BCUT2D eigenvalue weighted by atomic mass is 127. The van der Waals surface area contributed by atoms with E-state index < -0.39 is 0 Å². The summed E-state index contributed by atoms with van der Waals surface area (Å²) in [6.45, 7) is 7.35. The van der Waals surface area contributed by atoms with Gasteiger partial charge in [-0.05, 0) is 66.0 Å². The summed E-state index contributed by atoms with van der Waals surface area (Å²) in [5.41, 5.74) is 1.39. The van der Waals surface area contributed by atoms with Gasteiger partial charge >= 0.3 is 0 Å². The minimum Gasteiger partial charge on any atom is -0.371 e. The molecule has 2 aliphatic rings. The van der Waals surface area contributed by atoms with E-state index in [-0.39, 0.29) is 0 Å². The largest absolute Gasteiger partial charge is 0.371 e. The zero-order chi connectivity index (χ0) is 14.8. The molecule has 1 atom stereocenters. The molecule has 0 aromatic heterocycles. The third-order valence-electron chi connectivity index (χ3n) is 4.86. The predicted molar refractivity (Wildman–Crippen MR) is 103 cm³/mol. The van der Waals surface area contributed by atoms with E-state index in [0.29, 0.717) is 0 Å². The van der Waals surface area contributed by atoms with Gasteiger partial charge in [-0.1, -0.05) is 0 Å². The van der Waals surface area contributed by atoms with Crippen molar-refractivity contribution in [1.29, 1.82) is 0 Å². The smallest absolute Gasteiger partial charge is 0.0373 e. The van der Waals surface area contributed by atoms with E-state index in [1.807, 2.05) is 0 Å². The molecule has 0 spiro atoms. The predicted octanol–water partition coefficient (Wildman–Crippen LogP) is 2.01. The van der Waals surface area contributed by atoms with Crippen molar-refractivity contribution >= 4 is 42.8 Å². The summed E-state index contributed by atoms with van der Waals surface area (Å²) in [5.74, 6) is 0. The Balaban J connectivity index is 1.56. The van der Waals surface area contributed by atoms with Gasteiger partial charge in [-0.15, -0.1) is 9.24 Å². The molecule has 2 heterocycles. The normalized spacial score (nSPS) is 22.7. The van der Waals surface area contributed by atoms with Crippen molar-refractivity contribution < 1.29 is 0 Å². The highest BCUT2D eigenvalue weighted by molar-refractivity contribution is 14.1. The van der Waals surface area contributed by atoms with Crippen LogP contribution in [0.5, 0.6) is 0 Å². The zero-order valence-corrected chi connectivity index (χ0v) is 16.1. The Labute approximate surface area is 144 Å². The van der Waals surface area contributed by atoms with Gasteiger partial charge in [0.1, 0.15) is 0 Å². The van der Waals surface area contributed by atoms with Crippen molar-refractivity contribution in [1.82, 2.24) is 9.80 Å². The van der Waals surface area contributed by atoms with Crippen LogP contribution in [0.3, 0.4) is 0 Å². The summed E-state index contributed by atoms with van der Waals surface area (Å²) < 4.78 is 1.33. The van der Waals surface area contributed by atoms with E-state index in [9.17, 15) is 0 Å². The Kier molecular flexibility index (Phi) is 5.41. The monoisotopic (exact) mass is 417 g/mol. The molecule has 2 aliphatic heterocycles. The maximum Gasteiger partial charge on any atom is 0.0373 e. The number of likely N-dealkylation sites (N-methyl/N-ethyl adjacent to an activating group) is 1. The van der Waals surface area contributed by atoms with Gasteiger partial charge in [0, 0.05) is 54.6 Å². The van der Waals surface area contributed by atoms with Crippen LogP contribution in [0.2, 0.25) is 0 Å². The average Bonchev–Trinajstić information content (AvgIpc) is 2.51. The van der Waals surface area contributed by atoms with Crippen molar-refractivity contribution in [2.45, 2.75) is 18.9 Å². The fourth-order valence-corrected chi connectivity index (χ4v) is 4.01. The molecule has 1 aromatic rings. The SMILES string of the molecule is CN1CCN(C2CCN(c3ccc(I)c(P)c3)CC2)CC1. The van der Waals surface area contributed by atoms with Crippen LogP contribution in [0.25, 0.3) is 0 Å². The number of benzene rings is 1. The highest BCUT2D eigenvalue weighted by Crippen LogP contribution is 2.24. The maximum absolute atomic E-state index is 2.85. The summed E-state index contributed by atoms with van der Waals surface area (Å²) in [4.78, 5) is 7.71. The summed E-state index contributed by atoms with van der Waals surface area (Å²) >= 11 is 2.40. The quantitative estimate of drug-likeness (QED) is 0.539. The Bertz CT molecular complexity index is 480. The molecule has 116 valence electrons. The molecule has 3 nitrogen and oxygen atoms in total. The second-order valence-electron chi connectivity index (χ2n) is 6.26. The first-order valence-electron chi connectivity index (χ1n) is 7.86. The number of rotatable bonds is 2. The molecule has 2 saturated heterocycles. The van der Waals surface area contributed by atoms with Gasteiger partial charge in [0.2, 0.25) is 0 Å². The second-order valence-corrected chi connectivity index (χ2v) is 8.05. The van der Waals surface area contributed by atoms with Crippen LogP contribution in [0.4, 0.5) is 5.69 Å². The third-order valence-corrected chi connectivity index (χ3v) is 6.91. The Hall–Kier alpha value is 0.1000. The first-order valence-corrected chi connectivity index (χ1v) is 9.51. The first kappa shape index (κ1) is 16.0. The van der Waals surface area contributed by atoms with Gasteiger partial charge in [0.15, 0.2) is 0 Å². The lowest BCUT2D eigenvalue weighted by Gasteiger charge is -2.42. The Morgan fingerprint density at radius 1 is 1.05 bits per heavy atom. The molecule has 0 aliphatic carbocycles. The van der Waals surface area contributed by atoms with Gasteiger partial charge in [-0.2, -0.15) is 0 Å². The van der Waals surface area contributed by atoms with Gasteiger partial charge in [-0.25, -0.2) is 0 Å². The molecule has 1 aromatic carbocycles. The van der Waals surface area contributed by atoms with Crippen LogP contribution in [0.1, 0.15) is 12.8 Å². The van der Waals surface area contributed by atoms with Crippen molar-refractivity contribution in [2.24, 2.45) is 0 Å². The van der Waals surface area contributed by atoms with E-state index in [1.165, 1.54) is 66.7 Å². The summed E-state index contributed by atoms with van der Waals surface area (Å²) in [6, 6.07) is 7.60. The molecule has 0 radical (unpaired) electrons. The number of piperidine rings is 1. The van der Waals surface area contributed by atoms with Gasteiger partial charge < -0.3 is 9.80 Å². The van der Waals surface area contributed by atoms with E-state index in [0.717, 1.165) is 6.04 Å². The molecule has 0 amide bonds. The fourth-order valence-electron chi connectivity index (χ4n) is 3.40. The maximum atomic E-state index is 2.85. The van der Waals surface area contributed by atoms with E-state index >= 15 is 0 Å². The number of anilines is 1. The number of hydrogen-bond acceptors (Lipinski definition) is 3. The summed E-state index contributed by atoms with van der Waals surface area (Å²) in [6.07, 6.45) is 2.61. The van der Waals surface area contributed by atoms with Crippen LogP contribution in [-0.4, -0.2) is 62.2 Å². The molecule has 0 N–H and O–H groups in total. The minimum absolute atomic E-state index is 0.800. The van der Waals surface area contributed by atoms with Crippen molar-refractivity contribution in [2.75, 3.05) is 51.2 Å². The Morgan fingerprint density at radius 2 is 1.71 bits per heavy atom. The standard InChI is InChI=1S/C16H25IN3P/c1-18-8-10-20(11-9-18)13-4-6-19(7-5-13)14-2-3-15(17)16(21)12-14/h2-3,12-13H,4-11,21H2,1H3. The molecular weight excluding hydrogens is 392 g/mol. The molecular formula is C16H25IN3P. The van der Waals surface area contributed by atoms with Crippen LogP contribution in [0.15, 0.2) is 18.2 Å². The number of halogens is 1.